The van der Waals surface area contributed by atoms with Crippen LogP contribution in [0.2, 0.25) is 0 Å². The zero-order chi connectivity index (χ0) is 21.2. The molecule has 29 heavy (non-hydrogen) atoms. The number of rotatable bonds is 4. The third-order valence-electron chi connectivity index (χ3n) is 5.50. The minimum Gasteiger partial charge on any atom is -0.497 e. The highest BCUT2D eigenvalue weighted by atomic mass is 16.5. The van der Waals surface area contributed by atoms with E-state index in [0.717, 1.165) is 5.56 Å². The second-order valence-electron chi connectivity index (χ2n) is 7.28. The average Bonchev–Trinajstić information content (AvgIpc) is 2.74. The molecule has 2 amide bonds. The van der Waals surface area contributed by atoms with Gasteiger partial charge in [0.25, 0.3) is 11.8 Å². The molecule has 1 saturated heterocycles. The van der Waals surface area contributed by atoms with E-state index in [0.29, 0.717) is 28.9 Å². The predicted octanol–water partition coefficient (Wildman–Crippen LogP) is 2.89. The fraction of sp³-hybridized carbons (Fsp3) is 0.261. The van der Waals surface area contributed by atoms with Crippen molar-refractivity contribution >= 4 is 17.4 Å². The van der Waals surface area contributed by atoms with Crippen molar-refractivity contribution in [3.8, 4) is 11.8 Å². The smallest absolute Gasteiger partial charge is 0.271 e. The number of hydrogen-bond acceptors (Lipinski definition) is 4. The van der Waals surface area contributed by atoms with Crippen LogP contribution in [0.5, 0.6) is 5.75 Å². The van der Waals surface area contributed by atoms with Crippen molar-refractivity contribution in [3.63, 3.8) is 0 Å². The van der Waals surface area contributed by atoms with Gasteiger partial charge in [-0.2, -0.15) is 5.26 Å². The summed E-state index contributed by atoms with van der Waals surface area (Å²) in [5.74, 6) is 0.00209. The molecule has 6 nitrogen and oxygen atoms in total. The number of likely N-dealkylation sites (N-methyl/N-ethyl adjacent to an activating group) is 1. The zero-order valence-corrected chi connectivity index (χ0v) is 16.9. The van der Waals surface area contributed by atoms with Crippen LogP contribution in [-0.4, -0.2) is 36.4 Å². The Morgan fingerprint density at radius 3 is 2.52 bits per heavy atom. The number of nitrogens with one attached hydrogen (secondary N) is 1. The van der Waals surface area contributed by atoms with E-state index in [-0.39, 0.29) is 17.5 Å². The van der Waals surface area contributed by atoms with Crippen LogP contribution in [-0.2, 0) is 16.0 Å². The summed E-state index contributed by atoms with van der Waals surface area (Å²) in [7, 11) is 3.16. The summed E-state index contributed by atoms with van der Waals surface area (Å²) in [4.78, 5) is 27.7. The third-order valence-corrected chi connectivity index (χ3v) is 5.50. The molecule has 1 aliphatic rings. The molecule has 0 aliphatic carbocycles. The van der Waals surface area contributed by atoms with Crippen LogP contribution in [0.25, 0.3) is 5.57 Å². The van der Waals surface area contributed by atoms with Gasteiger partial charge in [0.15, 0.2) is 0 Å². The van der Waals surface area contributed by atoms with Crippen LogP contribution >= 0.6 is 0 Å². The molecule has 1 fully saturated rings. The van der Waals surface area contributed by atoms with E-state index in [1.807, 2.05) is 30.3 Å². The number of nitriles is 1. The lowest BCUT2D eigenvalue weighted by molar-refractivity contribution is -0.147. The minimum atomic E-state index is -1.02. The lowest BCUT2D eigenvalue weighted by atomic mass is 9.87. The summed E-state index contributed by atoms with van der Waals surface area (Å²) in [6.07, 6.45) is 0.400. The number of carbonyl (C=O) groups excluding carboxylic acids is 2. The summed E-state index contributed by atoms with van der Waals surface area (Å²) in [6, 6.07) is 16.7. The first-order valence-corrected chi connectivity index (χ1v) is 9.24. The largest absolute Gasteiger partial charge is 0.497 e. The molecule has 0 spiro atoms. The Morgan fingerprint density at radius 2 is 1.90 bits per heavy atom. The van der Waals surface area contributed by atoms with Gasteiger partial charge in [-0.25, -0.2) is 0 Å². The van der Waals surface area contributed by atoms with Crippen LogP contribution in [0.3, 0.4) is 0 Å². The first-order chi connectivity index (χ1) is 13.8. The van der Waals surface area contributed by atoms with Crippen molar-refractivity contribution in [3.05, 3.63) is 70.9 Å². The van der Waals surface area contributed by atoms with Crippen molar-refractivity contribution in [1.29, 1.82) is 5.26 Å². The molecule has 2 aromatic rings. The molecular formula is C23H23N3O3. The molecule has 1 atom stereocenters. The van der Waals surface area contributed by atoms with Crippen LogP contribution in [0.4, 0.5) is 0 Å². The Hall–Kier alpha value is -3.59. The summed E-state index contributed by atoms with van der Waals surface area (Å²) >= 11 is 0. The highest BCUT2D eigenvalue weighted by Gasteiger charge is 2.46. The quantitative estimate of drug-likeness (QED) is 0.815. The molecule has 1 unspecified atom stereocenters. The standard InChI is InChI=1S/C23H23N3O3/c1-15(19-12-18(29-4)11-10-17(19)14-24)20-21(27)26(3)23(2,22(28)25-20)13-16-8-6-5-7-9-16/h5-12H,13H2,1-4H3,(H,25,28). The topological polar surface area (TPSA) is 82.4 Å². The van der Waals surface area contributed by atoms with Crippen molar-refractivity contribution in [2.75, 3.05) is 14.2 Å². The van der Waals surface area contributed by atoms with Crippen molar-refractivity contribution in [2.45, 2.75) is 25.8 Å². The van der Waals surface area contributed by atoms with E-state index in [1.54, 1.807) is 39.1 Å². The molecule has 6 heteroatoms. The lowest BCUT2D eigenvalue weighted by Gasteiger charge is -2.42. The molecule has 1 heterocycles. The summed E-state index contributed by atoms with van der Waals surface area (Å²) in [5.41, 5.74) is 1.59. The molecule has 0 radical (unpaired) electrons. The molecule has 3 rings (SSSR count). The third kappa shape index (κ3) is 3.59. The van der Waals surface area contributed by atoms with E-state index >= 15 is 0 Å². The second kappa shape index (κ2) is 7.80. The number of carbonyl (C=O) groups is 2. The number of ether oxygens (including phenoxy) is 1. The van der Waals surface area contributed by atoms with Gasteiger partial charge in [0, 0.05) is 19.0 Å². The van der Waals surface area contributed by atoms with E-state index in [9.17, 15) is 14.9 Å². The Balaban J connectivity index is 2.02. The average molecular weight is 389 g/mol. The minimum absolute atomic E-state index is 0.174. The van der Waals surface area contributed by atoms with Gasteiger partial charge >= 0.3 is 0 Å². The molecule has 0 aromatic heterocycles. The molecule has 1 N–H and O–H groups in total. The number of nitrogens with zero attached hydrogens (tertiary/aromatic N) is 2. The summed E-state index contributed by atoms with van der Waals surface area (Å²) in [5, 5.41) is 12.2. The highest BCUT2D eigenvalue weighted by Crippen LogP contribution is 2.31. The van der Waals surface area contributed by atoms with Gasteiger partial charge in [-0.05, 0) is 43.2 Å². The number of amides is 2. The number of benzene rings is 2. The number of allylic oxidation sites excluding steroid dienone is 1. The van der Waals surface area contributed by atoms with E-state index < -0.39 is 5.54 Å². The van der Waals surface area contributed by atoms with Crippen molar-refractivity contribution in [2.24, 2.45) is 0 Å². The molecule has 0 saturated carbocycles. The van der Waals surface area contributed by atoms with Crippen molar-refractivity contribution in [1.82, 2.24) is 10.2 Å². The normalized spacial score (nSPS) is 20.7. The molecular weight excluding hydrogens is 366 g/mol. The number of hydrogen-bond donors (Lipinski definition) is 1. The van der Waals surface area contributed by atoms with Gasteiger partial charge in [-0.3, -0.25) is 9.59 Å². The Kier molecular flexibility index (Phi) is 5.42. The molecule has 148 valence electrons. The van der Waals surface area contributed by atoms with E-state index in [1.165, 1.54) is 12.0 Å². The van der Waals surface area contributed by atoms with Crippen LogP contribution in [0.1, 0.15) is 30.5 Å². The first kappa shape index (κ1) is 20.2. The predicted molar refractivity (Wildman–Crippen MR) is 110 cm³/mol. The van der Waals surface area contributed by atoms with Gasteiger partial charge < -0.3 is 15.0 Å². The Labute approximate surface area is 170 Å². The maximum absolute atomic E-state index is 13.2. The second-order valence-corrected chi connectivity index (χ2v) is 7.28. The fourth-order valence-electron chi connectivity index (χ4n) is 3.48. The summed E-state index contributed by atoms with van der Waals surface area (Å²) < 4.78 is 5.25. The van der Waals surface area contributed by atoms with Crippen molar-refractivity contribution < 1.29 is 14.3 Å². The van der Waals surface area contributed by atoms with Gasteiger partial charge in [0.05, 0.1) is 18.7 Å². The van der Waals surface area contributed by atoms with Gasteiger partial charge in [0.2, 0.25) is 0 Å². The molecule has 2 aromatic carbocycles. The van der Waals surface area contributed by atoms with E-state index in [2.05, 4.69) is 11.4 Å². The highest BCUT2D eigenvalue weighted by molar-refractivity contribution is 6.10. The first-order valence-electron chi connectivity index (χ1n) is 9.24. The molecule has 0 bridgehead atoms. The Morgan fingerprint density at radius 1 is 1.21 bits per heavy atom. The monoisotopic (exact) mass is 389 g/mol. The molecule has 1 aliphatic heterocycles. The van der Waals surface area contributed by atoms with Crippen LogP contribution in [0.15, 0.2) is 54.2 Å². The number of methoxy groups -OCH3 is 1. The number of piperazine rings is 1. The van der Waals surface area contributed by atoms with Gasteiger partial charge in [-0.15, -0.1) is 0 Å². The maximum Gasteiger partial charge on any atom is 0.271 e. The van der Waals surface area contributed by atoms with Gasteiger partial charge in [0.1, 0.15) is 17.0 Å². The zero-order valence-electron chi connectivity index (χ0n) is 16.9. The van der Waals surface area contributed by atoms with Gasteiger partial charge in [-0.1, -0.05) is 30.3 Å². The fourth-order valence-corrected chi connectivity index (χ4v) is 3.48. The van der Waals surface area contributed by atoms with Crippen LogP contribution in [0, 0.1) is 11.3 Å². The summed E-state index contributed by atoms with van der Waals surface area (Å²) in [6.45, 7) is 3.47. The lowest BCUT2D eigenvalue weighted by Crippen LogP contribution is -2.64. The Bertz CT molecular complexity index is 1040. The van der Waals surface area contributed by atoms with E-state index in [4.69, 9.17) is 4.74 Å². The maximum atomic E-state index is 13.2. The SMILES string of the molecule is COc1ccc(C#N)c(C(C)=C2NC(=O)C(C)(Cc3ccccc3)N(C)C2=O)c1. The van der Waals surface area contributed by atoms with Crippen LogP contribution < -0.4 is 10.1 Å².